The fourth-order valence-corrected chi connectivity index (χ4v) is 1.67. The predicted molar refractivity (Wildman–Crippen MR) is 56.3 cm³/mol. The van der Waals surface area contributed by atoms with Crippen LogP contribution >= 0.6 is 11.6 Å². The number of nitrogens with zero attached hydrogens (tertiary/aromatic N) is 2. The van der Waals surface area contributed by atoms with Crippen LogP contribution in [0, 0.1) is 0 Å². The number of rotatable bonds is 4. The summed E-state index contributed by atoms with van der Waals surface area (Å²) in [6, 6.07) is 0.196. The quantitative estimate of drug-likeness (QED) is 0.804. The Morgan fingerprint density at radius 3 is 2.71 bits per heavy atom. The van der Waals surface area contributed by atoms with Gasteiger partial charge in [-0.15, -0.1) is 0 Å². The molecule has 0 saturated heterocycles. The van der Waals surface area contributed by atoms with E-state index in [0.29, 0.717) is 23.7 Å². The van der Waals surface area contributed by atoms with Crippen molar-refractivity contribution in [2.75, 3.05) is 6.54 Å². The highest BCUT2D eigenvalue weighted by Crippen LogP contribution is 2.26. The number of halogens is 1. The molecule has 0 aliphatic carbocycles. The van der Waals surface area contributed by atoms with Crippen LogP contribution in [0.2, 0.25) is 5.15 Å². The Bertz CT molecular complexity index is 298. The van der Waals surface area contributed by atoms with Crippen molar-refractivity contribution in [1.29, 1.82) is 0 Å². The number of nitrogens with two attached hydrogens (primary N) is 1. The minimum absolute atomic E-state index is 0.196. The van der Waals surface area contributed by atoms with Gasteiger partial charge in [0.15, 0.2) is 0 Å². The van der Waals surface area contributed by atoms with E-state index in [1.807, 2.05) is 13.8 Å². The zero-order valence-electron chi connectivity index (χ0n) is 8.44. The molecule has 5 heteroatoms. The van der Waals surface area contributed by atoms with Gasteiger partial charge in [0, 0.05) is 11.6 Å². The van der Waals surface area contributed by atoms with Crippen LogP contribution in [0.15, 0.2) is 6.20 Å². The molecule has 1 aromatic rings. The molecule has 0 saturated carbocycles. The second-order valence-corrected chi connectivity index (χ2v) is 3.88. The summed E-state index contributed by atoms with van der Waals surface area (Å²) >= 11 is 6.05. The SMILES string of the molecule is CC(C)n1ncc(C(O)CCN)c1Cl. The molecule has 1 aromatic heterocycles. The summed E-state index contributed by atoms with van der Waals surface area (Å²) in [5, 5.41) is 14.3. The van der Waals surface area contributed by atoms with Crippen molar-refractivity contribution in [3.05, 3.63) is 16.9 Å². The van der Waals surface area contributed by atoms with Gasteiger partial charge >= 0.3 is 0 Å². The minimum Gasteiger partial charge on any atom is -0.388 e. The molecule has 0 aliphatic heterocycles. The van der Waals surface area contributed by atoms with E-state index in [0.717, 1.165) is 0 Å². The van der Waals surface area contributed by atoms with E-state index in [-0.39, 0.29) is 6.04 Å². The van der Waals surface area contributed by atoms with Crippen LogP contribution in [-0.4, -0.2) is 21.4 Å². The Hall–Kier alpha value is -0.580. The molecule has 0 bridgehead atoms. The van der Waals surface area contributed by atoms with Gasteiger partial charge in [-0.1, -0.05) is 11.6 Å². The molecule has 0 aliphatic rings. The van der Waals surface area contributed by atoms with Crippen LogP contribution in [0.5, 0.6) is 0 Å². The van der Waals surface area contributed by atoms with Gasteiger partial charge < -0.3 is 10.8 Å². The molecular weight excluding hydrogens is 202 g/mol. The average molecular weight is 218 g/mol. The standard InChI is InChI=1S/C9H16ClN3O/c1-6(2)13-9(10)7(5-12-13)8(14)3-4-11/h5-6,8,14H,3-4,11H2,1-2H3. The third-order valence-corrected chi connectivity index (χ3v) is 2.44. The van der Waals surface area contributed by atoms with Crippen molar-refractivity contribution in [2.45, 2.75) is 32.4 Å². The van der Waals surface area contributed by atoms with E-state index in [1.165, 1.54) is 0 Å². The molecule has 3 N–H and O–H groups in total. The van der Waals surface area contributed by atoms with Gasteiger partial charge in [-0.05, 0) is 26.8 Å². The molecule has 1 unspecified atom stereocenters. The summed E-state index contributed by atoms with van der Waals surface area (Å²) < 4.78 is 1.68. The van der Waals surface area contributed by atoms with Gasteiger partial charge in [0.2, 0.25) is 0 Å². The van der Waals surface area contributed by atoms with E-state index >= 15 is 0 Å². The topological polar surface area (TPSA) is 64.1 Å². The summed E-state index contributed by atoms with van der Waals surface area (Å²) in [6.45, 7) is 4.40. The van der Waals surface area contributed by atoms with Crippen LogP contribution in [-0.2, 0) is 0 Å². The van der Waals surface area contributed by atoms with Crippen molar-refractivity contribution in [3.63, 3.8) is 0 Å². The first-order valence-electron chi connectivity index (χ1n) is 4.69. The fourth-order valence-electron chi connectivity index (χ4n) is 1.26. The number of aliphatic hydroxyl groups excluding tert-OH is 1. The summed E-state index contributed by atoms with van der Waals surface area (Å²) in [6.07, 6.45) is 1.49. The number of hydrogen-bond acceptors (Lipinski definition) is 3. The van der Waals surface area contributed by atoms with Gasteiger partial charge in [-0.25, -0.2) is 0 Å². The van der Waals surface area contributed by atoms with E-state index in [9.17, 15) is 5.11 Å². The van der Waals surface area contributed by atoms with Crippen LogP contribution in [0.1, 0.15) is 38.0 Å². The molecule has 0 fully saturated rings. The predicted octanol–water partition coefficient (Wildman–Crippen LogP) is 1.50. The summed E-state index contributed by atoms with van der Waals surface area (Å²) in [4.78, 5) is 0. The number of hydrogen-bond donors (Lipinski definition) is 2. The van der Waals surface area contributed by atoms with E-state index in [1.54, 1.807) is 10.9 Å². The normalized spacial score (nSPS) is 13.6. The maximum Gasteiger partial charge on any atom is 0.133 e. The molecule has 14 heavy (non-hydrogen) atoms. The lowest BCUT2D eigenvalue weighted by molar-refractivity contribution is 0.170. The van der Waals surface area contributed by atoms with Crippen LogP contribution in [0.25, 0.3) is 0 Å². The second kappa shape index (κ2) is 4.77. The number of aromatic nitrogens is 2. The zero-order chi connectivity index (χ0) is 10.7. The highest BCUT2D eigenvalue weighted by Gasteiger charge is 2.16. The highest BCUT2D eigenvalue weighted by atomic mass is 35.5. The van der Waals surface area contributed by atoms with Gasteiger partial charge in [0.25, 0.3) is 0 Å². The van der Waals surface area contributed by atoms with Gasteiger partial charge in [-0.3, -0.25) is 4.68 Å². The van der Waals surface area contributed by atoms with Gasteiger partial charge in [0.1, 0.15) is 5.15 Å². The first kappa shape index (κ1) is 11.5. The van der Waals surface area contributed by atoms with E-state index in [2.05, 4.69) is 5.10 Å². The van der Waals surface area contributed by atoms with Crippen LogP contribution in [0.4, 0.5) is 0 Å². The Morgan fingerprint density at radius 1 is 1.64 bits per heavy atom. The largest absolute Gasteiger partial charge is 0.388 e. The summed E-state index contributed by atoms with van der Waals surface area (Å²) in [7, 11) is 0. The first-order chi connectivity index (χ1) is 6.57. The third-order valence-electron chi connectivity index (χ3n) is 2.05. The van der Waals surface area contributed by atoms with E-state index in [4.69, 9.17) is 17.3 Å². The second-order valence-electron chi connectivity index (χ2n) is 3.52. The third kappa shape index (κ3) is 2.26. The van der Waals surface area contributed by atoms with Crippen LogP contribution < -0.4 is 5.73 Å². The minimum atomic E-state index is -0.611. The molecule has 0 spiro atoms. The maximum absolute atomic E-state index is 9.68. The van der Waals surface area contributed by atoms with Crippen molar-refractivity contribution < 1.29 is 5.11 Å². The molecule has 0 radical (unpaired) electrons. The lowest BCUT2D eigenvalue weighted by Crippen LogP contribution is -2.07. The van der Waals surface area contributed by atoms with Crippen molar-refractivity contribution in [1.82, 2.24) is 9.78 Å². The smallest absolute Gasteiger partial charge is 0.133 e. The Balaban J connectivity index is 2.89. The Labute approximate surface area is 88.7 Å². The fraction of sp³-hybridized carbons (Fsp3) is 0.667. The van der Waals surface area contributed by atoms with Crippen LogP contribution in [0.3, 0.4) is 0 Å². The monoisotopic (exact) mass is 217 g/mol. The van der Waals surface area contributed by atoms with Crippen molar-refractivity contribution in [3.8, 4) is 0 Å². The van der Waals surface area contributed by atoms with Crippen molar-refractivity contribution in [2.24, 2.45) is 5.73 Å². The highest BCUT2D eigenvalue weighted by molar-refractivity contribution is 6.30. The number of aliphatic hydroxyl groups is 1. The van der Waals surface area contributed by atoms with Crippen molar-refractivity contribution >= 4 is 11.6 Å². The first-order valence-corrected chi connectivity index (χ1v) is 5.06. The molecule has 1 rings (SSSR count). The molecule has 4 nitrogen and oxygen atoms in total. The Morgan fingerprint density at radius 2 is 2.29 bits per heavy atom. The summed E-state index contributed by atoms with van der Waals surface area (Å²) in [5.74, 6) is 0. The zero-order valence-corrected chi connectivity index (χ0v) is 9.20. The molecular formula is C9H16ClN3O. The molecule has 80 valence electrons. The Kier molecular flexibility index (Phi) is 3.92. The molecule has 1 atom stereocenters. The van der Waals surface area contributed by atoms with Gasteiger partial charge in [0.05, 0.1) is 12.3 Å². The molecule has 0 amide bonds. The van der Waals surface area contributed by atoms with E-state index < -0.39 is 6.10 Å². The molecule has 1 heterocycles. The lowest BCUT2D eigenvalue weighted by Gasteiger charge is -2.10. The van der Waals surface area contributed by atoms with Gasteiger partial charge in [-0.2, -0.15) is 5.10 Å². The average Bonchev–Trinajstić information content (AvgIpc) is 2.47. The lowest BCUT2D eigenvalue weighted by atomic mass is 10.1. The molecule has 0 aromatic carbocycles. The summed E-state index contributed by atoms with van der Waals surface area (Å²) in [5.41, 5.74) is 6.01. The maximum atomic E-state index is 9.68.